The maximum Gasteiger partial charge on any atom is 0.193 e. The summed E-state index contributed by atoms with van der Waals surface area (Å²) in [5, 5.41) is 13.2. The van der Waals surface area contributed by atoms with E-state index in [0.29, 0.717) is 19.6 Å². The summed E-state index contributed by atoms with van der Waals surface area (Å²) in [6.45, 7) is 5.14. The number of rotatable bonds is 2. The number of hydrogen-bond acceptors (Lipinski definition) is 4. The van der Waals surface area contributed by atoms with Crippen LogP contribution in [0.15, 0.2) is 4.99 Å². The molecule has 2 fully saturated rings. The zero-order chi connectivity index (χ0) is 15.7. The van der Waals surface area contributed by atoms with Crippen LogP contribution in [0.2, 0.25) is 0 Å². The Morgan fingerprint density at radius 2 is 2.14 bits per heavy atom. The highest BCUT2D eigenvalue weighted by Crippen LogP contribution is 2.26. The number of aliphatic imine (C=N–C) groups is 1. The zero-order valence-electron chi connectivity index (χ0n) is 13.2. The molecule has 0 aromatic carbocycles. The smallest absolute Gasteiger partial charge is 0.193 e. The molecule has 7 heteroatoms. The van der Waals surface area contributed by atoms with Gasteiger partial charge in [-0.25, -0.2) is 8.42 Å². The Hall–Kier alpha value is -0.820. The molecule has 1 aliphatic carbocycles. The van der Waals surface area contributed by atoms with Crippen LogP contribution < -0.4 is 5.32 Å². The van der Waals surface area contributed by atoms with Gasteiger partial charge in [0.2, 0.25) is 0 Å². The minimum atomic E-state index is -3.04. The van der Waals surface area contributed by atoms with Crippen LogP contribution in [0.5, 0.6) is 0 Å². The third kappa shape index (κ3) is 3.51. The van der Waals surface area contributed by atoms with Crippen LogP contribution in [0.3, 0.4) is 0 Å². The molecule has 2 atom stereocenters. The third-order valence-corrected chi connectivity index (χ3v) is 7.23. The van der Waals surface area contributed by atoms with E-state index in [1.54, 1.807) is 20.9 Å². The van der Waals surface area contributed by atoms with Crippen LogP contribution >= 0.6 is 0 Å². The lowest BCUT2D eigenvalue weighted by atomic mass is 10.1. The van der Waals surface area contributed by atoms with E-state index in [0.717, 1.165) is 25.2 Å². The largest absolute Gasteiger partial charge is 0.393 e. The van der Waals surface area contributed by atoms with E-state index in [9.17, 15) is 13.5 Å². The molecule has 1 saturated carbocycles. The SMILES string of the molecule is CN=C(NCC1CCCC1O)N1CCS(=O)(=O)C(C)(C)C1. The van der Waals surface area contributed by atoms with Crippen molar-refractivity contribution in [3.8, 4) is 0 Å². The Morgan fingerprint density at radius 1 is 1.43 bits per heavy atom. The standard InChI is InChI=1S/C14H27N3O3S/c1-14(2)10-17(7-8-21(14,19)20)13(15-3)16-9-11-5-4-6-12(11)18/h11-12,18H,4-10H2,1-3H3,(H,15,16). The molecule has 1 heterocycles. The average molecular weight is 317 g/mol. The van der Waals surface area contributed by atoms with Gasteiger partial charge in [-0.1, -0.05) is 6.42 Å². The molecule has 122 valence electrons. The van der Waals surface area contributed by atoms with E-state index in [-0.39, 0.29) is 17.8 Å². The Kier molecular flexibility index (Phi) is 4.82. The van der Waals surface area contributed by atoms with Gasteiger partial charge in [-0.05, 0) is 26.7 Å². The fourth-order valence-corrected chi connectivity index (χ4v) is 4.50. The van der Waals surface area contributed by atoms with Gasteiger partial charge in [-0.15, -0.1) is 0 Å². The molecule has 0 aromatic heterocycles. The summed E-state index contributed by atoms with van der Waals surface area (Å²) in [6.07, 6.45) is 2.75. The van der Waals surface area contributed by atoms with E-state index < -0.39 is 14.6 Å². The summed E-state index contributed by atoms with van der Waals surface area (Å²) in [4.78, 5) is 6.27. The fraction of sp³-hybridized carbons (Fsp3) is 0.929. The van der Waals surface area contributed by atoms with Gasteiger partial charge in [0.1, 0.15) is 0 Å². The predicted molar refractivity (Wildman–Crippen MR) is 84.1 cm³/mol. The molecule has 2 unspecified atom stereocenters. The lowest BCUT2D eigenvalue weighted by Gasteiger charge is -2.39. The van der Waals surface area contributed by atoms with Gasteiger partial charge in [0.25, 0.3) is 0 Å². The number of aliphatic hydroxyl groups is 1. The molecular formula is C14H27N3O3S. The van der Waals surface area contributed by atoms with Gasteiger partial charge in [-0.3, -0.25) is 4.99 Å². The van der Waals surface area contributed by atoms with Crippen molar-refractivity contribution >= 4 is 15.8 Å². The van der Waals surface area contributed by atoms with Gasteiger partial charge < -0.3 is 15.3 Å². The molecule has 0 radical (unpaired) electrons. The molecule has 2 N–H and O–H groups in total. The highest BCUT2D eigenvalue weighted by molar-refractivity contribution is 7.92. The van der Waals surface area contributed by atoms with Crippen LogP contribution in [0.4, 0.5) is 0 Å². The highest BCUT2D eigenvalue weighted by Gasteiger charge is 2.41. The molecule has 2 rings (SSSR count). The Bertz CT molecular complexity index is 502. The predicted octanol–water partition coefficient (Wildman–Crippen LogP) is 0.232. The van der Waals surface area contributed by atoms with Crippen molar-refractivity contribution in [3.63, 3.8) is 0 Å². The summed E-state index contributed by atoms with van der Waals surface area (Å²) < 4.78 is 23.3. The second-order valence-electron chi connectivity index (χ2n) is 6.69. The van der Waals surface area contributed by atoms with Crippen molar-refractivity contribution < 1.29 is 13.5 Å². The highest BCUT2D eigenvalue weighted by atomic mass is 32.2. The number of sulfone groups is 1. The second kappa shape index (κ2) is 6.12. The van der Waals surface area contributed by atoms with Crippen molar-refractivity contribution in [2.24, 2.45) is 10.9 Å². The molecule has 21 heavy (non-hydrogen) atoms. The topological polar surface area (TPSA) is 82.0 Å². The molecule has 1 saturated heterocycles. The van der Waals surface area contributed by atoms with E-state index >= 15 is 0 Å². The lowest BCUT2D eigenvalue weighted by molar-refractivity contribution is 0.133. The first kappa shape index (κ1) is 16.5. The third-order valence-electron chi connectivity index (χ3n) is 4.70. The number of nitrogens with one attached hydrogen (secondary N) is 1. The fourth-order valence-electron chi connectivity index (χ4n) is 3.13. The van der Waals surface area contributed by atoms with E-state index in [1.165, 1.54) is 0 Å². The van der Waals surface area contributed by atoms with E-state index in [4.69, 9.17) is 0 Å². The maximum absolute atomic E-state index is 12.0. The summed E-state index contributed by atoms with van der Waals surface area (Å²) >= 11 is 0. The van der Waals surface area contributed by atoms with Crippen LogP contribution in [-0.4, -0.2) is 67.7 Å². The van der Waals surface area contributed by atoms with E-state index in [2.05, 4.69) is 10.3 Å². The van der Waals surface area contributed by atoms with E-state index in [1.807, 2.05) is 4.90 Å². The Labute approximate surface area is 127 Å². The summed E-state index contributed by atoms with van der Waals surface area (Å²) in [5.74, 6) is 1.16. The number of guanidine groups is 1. The lowest BCUT2D eigenvalue weighted by Crippen LogP contribution is -2.57. The summed E-state index contributed by atoms with van der Waals surface area (Å²) in [7, 11) is -1.33. The molecule has 1 aliphatic heterocycles. The average Bonchev–Trinajstić information content (AvgIpc) is 2.80. The van der Waals surface area contributed by atoms with Gasteiger partial charge in [0.15, 0.2) is 15.8 Å². The number of aliphatic hydroxyl groups excluding tert-OH is 1. The second-order valence-corrected chi connectivity index (χ2v) is 9.43. The van der Waals surface area contributed by atoms with Crippen molar-refractivity contribution in [3.05, 3.63) is 0 Å². The Morgan fingerprint density at radius 3 is 2.67 bits per heavy atom. The van der Waals surface area contributed by atoms with Crippen LogP contribution in [0.25, 0.3) is 0 Å². The molecule has 0 aromatic rings. The van der Waals surface area contributed by atoms with Gasteiger partial charge in [-0.2, -0.15) is 0 Å². The first-order valence-corrected chi connectivity index (χ1v) is 9.28. The van der Waals surface area contributed by atoms with Crippen molar-refractivity contribution in [1.29, 1.82) is 0 Å². The van der Waals surface area contributed by atoms with Gasteiger partial charge in [0.05, 0.1) is 16.6 Å². The van der Waals surface area contributed by atoms with Crippen molar-refractivity contribution in [1.82, 2.24) is 10.2 Å². The van der Waals surface area contributed by atoms with Gasteiger partial charge in [0, 0.05) is 32.6 Å². The molecule has 6 nitrogen and oxygen atoms in total. The normalized spacial score (nSPS) is 32.2. The molecular weight excluding hydrogens is 290 g/mol. The summed E-state index contributed by atoms with van der Waals surface area (Å²) in [5.41, 5.74) is 0. The minimum absolute atomic E-state index is 0.159. The van der Waals surface area contributed by atoms with Gasteiger partial charge >= 0.3 is 0 Å². The summed E-state index contributed by atoms with van der Waals surface area (Å²) in [6, 6.07) is 0. The van der Waals surface area contributed by atoms with Crippen LogP contribution in [0.1, 0.15) is 33.1 Å². The maximum atomic E-state index is 12.0. The number of hydrogen-bond donors (Lipinski definition) is 2. The molecule has 2 aliphatic rings. The minimum Gasteiger partial charge on any atom is -0.393 e. The Balaban J connectivity index is 1.96. The quantitative estimate of drug-likeness (QED) is 0.563. The first-order chi connectivity index (χ1) is 9.77. The number of nitrogens with zero attached hydrogens (tertiary/aromatic N) is 2. The van der Waals surface area contributed by atoms with Crippen LogP contribution in [-0.2, 0) is 9.84 Å². The van der Waals surface area contributed by atoms with Crippen LogP contribution in [0, 0.1) is 5.92 Å². The van der Waals surface area contributed by atoms with Crippen molar-refractivity contribution in [2.75, 3.05) is 32.4 Å². The first-order valence-electron chi connectivity index (χ1n) is 7.63. The monoisotopic (exact) mass is 317 g/mol. The van der Waals surface area contributed by atoms with Crippen molar-refractivity contribution in [2.45, 2.75) is 44.0 Å². The zero-order valence-corrected chi connectivity index (χ0v) is 14.0. The molecule has 0 amide bonds. The molecule has 0 bridgehead atoms. The molecule has 0 spiro atoms.